The van der Waals surface area contributed by atoms with Crippen molar-refractivity contribution in [2.24, 2.45) is 0 Å². The molecule has 1 aromatic heterocycles. The molecule has 0 radical (unpaired) electrons. The van der Waals surface area contributed by atoms with E-state index in [1.165, 1.54) is 0 Å². The molecular weight excluding hydrogens is 406 g/mol. The fourth-order valence-electron chi connectivity index (χ4n) is 4.17. The van der Waals surface area contributed by atoms with E-state index in [2.05, 4.69) is 89.6 Å². The average Bonchev–Trinajstić information content (AvgIpc) is 3.31. The third-order valence-electron chi connectivity index (χ3n) is 5.84. The second kappa shape index (κ2) is 9.09. The number of benzene rings is 4. The van der Waals surface area contributed by atoms with E-state index in [0.29, 0.717) is 0 Å². The summed E-state index contributed by atoms with van der Waals surface area (Å²) < 4.78 is 13.3. The Labute approximate surface area is 194 Å². The highest BCUT2D eigenvalue weighted by molar-refractivity contribution is 5.93. The van der Waals surface area contributed by atoms with Crippen LogP contribution in [0.3, 0.4) is 0 Å². The van der Waals surface area contributed by atoms with Gasteiger partial charge in [-0.1, -0.05) is 66.7 Å². The SMILES string of the molecule is COc1ccc(OC)c(-c2ccc3c(ccn3/C(=C\c3ccccc3)c3ccccc3)c2)c1. The van der Waals surface area contributed by atoms with E-state index in [-0.39, 0.29) is 0 Å². The normalized spacial score (nSPS) is 11.5. The molecule has 0 spiro atoms. The molecule has 5 rings (SSSR count). The lowest BCUT2D eigenvalue weighted by atomic mass is 10.0. The van der Waals surface area contributed by atoms with Gasteiger partial charge in [-0.3, -0.25) is 0 Å². The monoisotopic (exact) mass is 431 g/mol. The Bertz CT molecular complexity index is 1420. The van der Waals surface area contributed by atoms with E-state index < -0.39 is 0 Å². The molecule has 0 N–H and O–H groups in total. The third-order valence-corrected chi connectivity index (χ3v) is 5.84. The van der Waals surface area contributed by atoms with E-state index in [4.69, 9.17) is 9.47 Å². The zero-order valence-electron chi connectivity index (χ0n) is 18.7. The fraction of sp³-hybridized carbons (Fsp3) is 0.0667. The summed E-state index contributed by atoms with van der Waals surface area (Å²) in [6, 6.07) is 35.5. The lowest BCUT2D eigenvalue weighted by molar-refractivity contribution is 0.404. The van der Waals surface area contributed by atoms with Crippen LogP contribution in [0.25, 0.3) is 33.8 Å². The van der Waals surface area contributed by atoms with Crippen molar-refractivity contribution in [2.75, 3.05) is 14.2 Å². The molecule has 3 nitrogen and oxygen atoms in total. The van der Waals surface area contributed by atoms with Gasteiger partial charge in [-0.15, -0.1) is 0 Å². The van der Waals surface area contributed by atoms with Gasteiger partial charge in [0.2, 0.25) is 0 Å². The molecule has 0 bridgehead atoms. The van der Waals surface area contributed by atoms with Crippen LogP contribution in [0.4, 0.5) is 0 Å². The topological polar surface area (TPSA) is 23.4 Å². The van der Waals surface area contributed by atoms with E-state index in [1.807, 2.05) is 30.3 Å². The second-order valence-electron chi connectivity index (χ2n) is 7.83. The van der Waals surface area contributed by atoms with Crippen molar-refractivity contribution < 1.29 is 9.47 Å². The smallest absolute Gasteiger partial charge is 0.126 e. The molecule has 0 aliphatic rings. The number of hydrogen-bond acceptors (Lipinski definition) is 2. The van der Waals surface area contributed by atoms with Crippen LogP contribution in [0.1, 0.15) is 11.1 Å². The van der Waals surface area contributed by atoms with Gasteiger partial charge in [0.25, 0.3) is 0 Å². The van der Waals surface area contributed by atoms with E-state index >= 15 is 0 Å². The zero-order valence-corrected chi connectivity index (χ0v) is 18.7. The van der Waals surface area contributed by atoms with Crippen LogP contribution in [0, 0.1) is 0 Å². The minimum absolute atomic E-state index is 0.806. The van der Waals surface area contributed by atoms with Gasteiger partial charge in [0, 0.05) is 17.1 Å². The van der Waals surface area contributed by atoms with Crippen LogP contribution in [0.5, 0.6) is 11.5 Å². The second-order valence-corrected chi connectivity index (χ2v) is 7.83. The van der Waals surface area contributed by atoms with Crippen molar-refractivity contribution in [2.45, 2.75) is 0 Å². The largest absolute Gasteiger partial charge is 0.497 e. The van der Waals surface area contributed by atoms with Crippen molar-refractivity contribution in [1.82, 2.24) is 4.57 Å². The first-order valence-corrected chi connectivity index (χ1v) is 10.9. The number of nitrogens with zero attached hydrogens (tertiary/aromatic N) is 1. The van der Waals surface area contributed by atoms with Gasteiger partial charge in [0.1, 0.15) is 11.5 Å². The van der Waals surface area contributed by atoms with E-state index in [1.54, 1.807) is 14.2 Å². The fourth-order valence-corrected chi connectivity index (χ4v) is 4.17. The van der Waals surface area contributed by atoms with Gasteiger partial charge in [-0.25, -0.2) is 0 Å². The van der Waals surface area contributed by atoms with Crippen LogP contribution in [0.2, 0.25) is 0 Å². The Morgan fingerprint density at radius 3 is 2.21 bits per heavy atom. The molecule has 0 atom stereocenters. The molecule has 0 saturated carbocycles. The van der Waals surface area contributed by atoms with Gasteiger partial charge >= 0.3 is 0 Å². The van der Waals surface area contributed by atoms with Crippen molar-refractivity contribution in [3.05, 3.63) is 120 Å². The first-order chi connectivity index (χ1) is 16.3. The van der Waals surface area contributed by atoms with Gasteiger partial charge in [-0.2, -0.15) is 0 Å². The van der Waals surface area contributed by atoms with Crippen LogP contribution < -0.4 is 9.47 Å². The molecule has 0 unspecified atom stereocenters. The average molecular weight is 432 g/mol. The third kappa shape index (κ3) is 4.13. The molecule has 0 saturated heterocycles. The molecule has 5 aromatic rings. The maximum Gasteiger partial charge on any atom is 0.126 e. The summed E-state index contributed by atoms with van der Waals surface area (Å²) in [5.74, 6) is 1.63. The summed E-state index contributed by atoms with van der Waals surface area (Å²) in [4.78, 5) is 0. The molecule has 3 heteroatoms. The zero-order chi connectivity index (χ0) is 22.6. The number of ether oxygens (including phenoxy) is 2. The van der Waals surface area contributed by atoms with Crippen molar-refractivity contribution in [3.63, 3.8) is 0 Å². The minimum Gasteiger partial charge on any atom is -0.497 e. The quantitative estimate of drug-likeness (QED) is 0.262. The van der Waals surface area contributed by atoms with Crippen LogP contribution in [-0.2, 0) is 0 Å². The van der Waals surface area contributed by atoms with Crippen LogP contribution >= 0.6 is 0 Å². The first-order valence-electron chi connectivity index (χ1n) is 10.9. The van der Waals surface area contributed by atoms with Gasteiger partial charge in [0.15, 0.2) is 0 Å². The maximum atomic E-state index is 5.61. The summed E-state index contributed by atoms with van der Waals surface area (Å²) in [7, 11) is 3.37. The number of rotatable bonds is 6. The van der Waals surface area contributed by atoms with Gasteiger partial charge in [0.05, 0.1) is 25.4 Å². The van der Waals surface area contributed by atoms with Crippen LogP contribution in [0.15, 0.2) is 109 Å². The molecule has 0 aliphatic heterocycles. The highest BCUT2D eigenvalue weighted by Crippen LogP contribution is 2.36. The summed E-state index contributed by atoms with van der Waals surface area (Å²) in [5, 5.41) is 1.16. The molecule has 162 valence electrons. The predicted octanol–water partition coefficient (Wildman–Crippen LogP) is 7.37. The molecule has 0 amide bonds. The number of aromatic nitrogens is 1. The summed E-state index contributed by atoms with van der Waals surface area (Å²) in [5.41, 5.74) is 6.70. The Balaban J connectivity index is 1.64. The van der Waals surface area contributed by atoms with Gasteiger partial charge < -0.3 is 14.0 Å². The molecule has 33 heavy (non-hydrogen) atoms. The summed E-state index contributed by atoms with van der Waals surface area (Å²) >= 11 is 0. The van der Waals surface area contributed by atoms with Crippen molar-refractivity contribution >= 4 is 22.7 Å². The molecule has 4 aromatic carbocycles. The number of methoxy groups -OCH3 is 2. The number of fused-ring (bicyclic) bond motifs is 1. The first kappa shape index (κ1) is 20.7. The lowest BCUT2D eigenvalue weighted by Gasteiger charge is -2.13. The molecule has 0 fully saturated rings. The summed E-state index contributed by atoms with van der Waals surface area (Å²) in [6.45, 7) is 0. The maximum absolute atomic E-state index is 5.61. The molecule has 0 aliphatic carbocycles. The standard InChI is InChI=1S/C30H25NO2/c1-32-26-14-16-30(33-2)27(21-26)24-13-15-28-25(20-24)17-18-31(28)29(23-11-7-4-8-12-23)19-22-9-5-3-6-10-22/h3-21H,1-2H3/b29-19-. The molecular formula is C30H25NO2. The number of hydrogen-bond donors (Lipinski definition) is 0. The van der Waals surface area contributed by atoms with E-state index in [9.17, 15) is 0 Å². The predicted molar refractivity (Wildman–Crippen MR) is 137 cm³/mol. The highest BCUT2D eigenvalue weighted by Gasteiger charge is 2.12. The Kier molecular flexibility index (Phi) is 5.69. The highest BCUT2D eigenvalue weighted by atomic mass is 16.5. The van der Waals surface area contributed by atoms with Gasteiger partial charge in [-0.05, 0) is 59.2 Å². The van der Waals surface area contributed by atoms with Crippen molar-refractivity contribution in [3.8, 4) is 22.6 Å². The summed E-state index contributed by atoms with van der Waals surface area (Å²) in [6.07, 6.45) is 4.37. The minimum atomic E-state index is 0.806. The van der Waals surface area contributed by atoms with Crippen LogP contribution in [-0.4, -0.2) is 18.8 Å². The Hall–Kier alpha value is -4.24. The van der Waals surface area contributed by atoms with Crippen molar-refractivity contribution in [1.29, 1.82) is 0 Å². The lowest BCUT2D eigenvalue weighted by Crippen LogP contribution is -1.97. The Morgan fingerprint density at radius 2 is 1.48 bits per heavy atom. The Morgan fingerprint density at radius 1 is 0.727 bits per heavy atom. The van der Waals surface area contributed by atoms with E-state index in [0.717, 1.165) is 50.4 Å². The molecule has 1 heterocycles.